The normalized spacial score (nSPS) is 10.9. The molecule has 0 bridgehead atoms. The average Bonchev–Trinajstić information content (AvgIpc) is 2.26. The number of carbonyl (C=O) groups excluding carboxylic acids is 2. The van der Waals surface area contributed by atoms with Crippen LogP contribution in [0.1, 0.15) is 11.1 Å². The fourth-order valence-electron chi connectivity index (χ4n) is 1.22. The highest BCUT2D eigenvalue weighted by molar-refractivity contribution is 6.44. The van der Waals surface area contributed by atoms with E-state index >= 15 is 0 Å². The summed E-state index contributed by atoms with van der Waals surface area (Å²) < 4.78 is 4.55. The van der Waals surface area contributed by atoms with E-state index in [-0.39, 0.29) is 5.71 Å². The van der Waals surface area contributed by atoms with Crippen molar-refractivity contribution < 1.29 is 14.3 Å². The third-order valence-corrected chi connectivity index (χ3v) is 1.96. The van der Waals surface area contributed by atoms with Crippen molar-refractivity contribution in [2.24, 2.45) is 4.99 Å². The number of rotatable bonds is 3. The molecule has 0 unspecified atom stereocenters. The van der Waals surface area contributed by atoms with Crippen LogP contribution in [0.2, 0.25) is 0 Å². The van der Waals surface area contributed by atoms with Crippen LogP contribution >= 0.6 is 0 Å². The van der Waals surface area contributed by atoms with Gasteiger partial charge in [-0.3, -0.25) is 4.79 Å². The zero-order chi connectivity index (χ0) is 11.3. The quantitative estimate of drug-likeness (QED) is 0.422. The number of methoxy groups -OCH3 is 1. The van der Waals surface area contributed by atoms with Gasteiger partial charge in [0, 0.05) is 5.56 Å². The van der Waals surface area contributed by atoms with E-state index in [1.54, 1.807) is 12.1 Å². The Morgan fingerprint density at radius 1 is 1.40 bits per heavy atom. The fraction of sp³-hybridized carbons (Fsp3) is 0.182. The Hall–Kier alpha value is -1.97. The number of carbonyl (C=O) groups is 2. The molecule has 4 heteroatoms. The summed E-state index contributed by atoms with van der Waals surface area (Å²) in [5.74, 6) is -0.614. The minimum atomic E-state index is -0.614. The Kier molecular flexibility index (Phi) is 3.74. The molecule has 0 saturated carbocycles. The molecule has 0 saturated heterocycles. The second kappa shape index (κ2) is 5.05. The number of benzene rings is 1. The largest absolute Gasteiger partial charge is 0.464 e. The van der Waals surface area contributed by atoms with Crippen LogP contribution in [0.3, 0.4) is 0 Å². The van der Waals surface area contributed by atoms with Gasteiger partial charge in [0.1, 0.15) is 0 Å². The molecule has 0 heterocycles. The minimum absolute atomic E-state index is 0.0330. The molecule has 0 fully saturated rings. The van der Waals surface area contributed by atoms with Gasteiger partial charge in [0.05, 0.1) is 7.11 Å². The van der Waals surface area contributed by atoms with Crippen LogP contribution in [0.4, 0.5) is 0 Å². The van der Waals surface area contributed by atoms with Crippen molar-refractivity contribution in [2.75, 3.05) is 7.11 Å². The number of ether oxygens (including phenoxy) is 1. The van der Waals surface area contributed by atoms with Gasteiger partial charge < -0.3 is 4.74 Å². The van der Waals surface area contributed by atoms with E-state index in [0.29, 0.717) is 12.0 Å². The van der Waals surface area contributed by atoms with Crippen molar-refractivity contribution in [1.82, 2.24) is 0 Å². The molecule has 4 nitrogen and oxygen atoms in total. The number of nitrogens with zero attached hydrogens (tertiary/aromatic N) is 1. The van der Waals surface area contributed by atoms with Crippen LogP contribution in [0.25, 0.3) is 0 Å². The van der Waals surface area contributed by atoms with E-state index in [4.69, 9.17) is 0 Å². The molecule has 0 atom stereocenters. The summed E-state index contributed by atoms with van der Waals surface area (Å²) in [6.45, 7) is 1.83. The topological polar surface area (TPSA) is 55.7 Å². The van der Waals surface area contributed by atoms with Crippen molar-refractivity contribution >= 4 is 18.1 Å². The van der Waals surface area contributed by atoms with Crippen molar-refractivity contribution in [3.63, 3.8) is 0 Å². The highest BCUT2D eigenvalue weighted by Crippen LogP contribution is 2.09. The summed E-state index contributed by atoms with van der Waals surface area (Å²) in [7, 11) is 1.25. The number of esters is 1. The summed E-state index contributed by atoms with van der Waals surface area (Å²) in [6, 6.07) is 7.16. The fourth-order valence-corrected chi connectivity index (χ4v) is 1.22. The van der Waals surface area contributed by atoms with Crippen LogP contribution < -0.4 is 0 Å². The molecule has 0 radical (unpaired) electrons. The van der Waals surface area contributed by atoms with Gasteiger partial charge in [0.2, 0.25) is 6.41 Å². The molecule has 0 aliphatic carbocycles. The summed E-state index contributed by atoms with van der Waals surface area (Å²) >= 11 is 0. The lowest BCUT2D eigenvalue weighted by atomic mass is 10.0. The first-order chi connectivity index (χ1) is 7.20. The molecule has 1 amide bonds. The Labute approximate surface area is 87.6 Å². The smallest absolute Gasteiger partial charge is 0.357 e. The molecular formula is C11H11NO3. The SMILES string of the molecule is COC(=O)C(=NC=O)c1ccccc1C. The first-order valence-corrected chi connectivity index (χ1v) is 4.36. The first kappa shape index (κ1) is 11.1. The molecule has 78 valence electrons. The number of hydrogen-bond acceptors (Lipinski definition) is 3. The standard InChI is InChI=1S/C11H11NO3/c1-8-5-3-4-6-9(8)10(12-7-13)11(14)15-2/h3-7H,1-2H3. The van der Waals surface area contributed by atoms with E-state index < -0.39 is 5.97 Å². The van der Waals surface area contributed by atoms with Gasteiger partial charge >= 0.3 is 5.97 Å². The van der Waals surface area contributed by atoms with Gasteiger partial charge in [-0.25, -0.2) is 9.79 Å². The lowest BCUT2D eigenvalue weighted by Gasteiger charge is -2.05. The monoisotopic (exact) mass is 205 g/mol. The van der Waals surface area contributed by atoms with Crippen LogP contribution in [0, 0.1) is 6.92 Å². The van der Waals surface area contributed by atoms with Gasteiger partial charge in [0.15, 0.2) is 5.71 Å². The van der Waals surface area contributed by atoms with Gasteiger partial charge in [-0.1, -0.05) is 24.3 Å². The van der Waals surface area contributed by atoms with E-state index in [1.807, 2.05) is 19.1 Å². The molecule has 0 aliphatic rings. The zero-order valence-electron chi connectivity index (χ0n) is 8.56. The third kappa shape index (κ3) is 2.49. The maximum absolute atomic E-state index is 11.3. The Morgan fingerprint density at radius 3 is 2.60 bits per heavy atom. The molecular weight excluding hydrogens is 194 g/mol. The van der Waals surface area contributed by atoms with Crippen molar-refractivity contribution in [3.05, 3.63) is 35.4 Å². The maximum atomic E-state index is 11.3. The van der Waals surface area contributed by atoms with Crippen LogP contribution in [0.15, 0.2) is 29.3 Å². The molecule has 0 spiro atoms. The Bertz CT molecular complexity index is 410. The van der Waals surface area contributed by atoms with Crippen molar-refractivity contribution in [2.45, 2.75) is 6.92 Å². The summed E-state index contributed by atoms with van der Waals surface area (Å²) in [5.41, 5.74) is 1.51. The zero-order valence-corrected chi connectivity index (χ0v) is 8.56. The highest BCUT2D eigenvalue weighted by atomic mass is 16.5. The average molecular weight is 205 g/mol. The molecule has 0 aliphatic heterocycles. The molecule has 1 aromatic rings. The van der Waals surface area contributed by atoms with Crippen LogP contribution in [-0.4, -0.2) is 25.2 Å². The molecule has 1 aromatic carbocycles. The summed E-state index contributed by atoms with van der Waals surface area (Å²) in [6.07, 6.45) is 0.332. The van der Waals surface area contributed by atoms with E-state index in [1.165, 1.54) is 7.11 Å². The van der Waals surface area contributed by atoms with Gasteiger partial charge in [0.25, 0.3) is 0 Å². The van der Waals surface area contributed by atoms with Crippen molar-refractivity contribution in [1.29, 1.82) is 0 Å². The second-order valence-electron chi connectivity index (χ2n) is 2.89. The van der Waals surface area contributed by atoms with E-state index in [0.717, 1.165) is 5.56 Å². The third-order valence-electron chi connectivity index (χ3n) is 1.96. The molecule has 0 aromatic heterocycles. The van der Waals surface area contributed by atoms with Gasteiger partial charge in [-0.15, -0.1) is 0 Å². The number of aliphatic imine (C=N–C) groups is 1. The lowest BCUT2D eigenvalue weighted by Crippen LogP contribution is -2.18. The molecule has 15 heavy (non-hydrogen) atoms. The van der Waals surface area contributed by atoms with Gasteiger partial charge in [-0.2, -0.15) is 0 Å². The molecule has 1 rings (SSSR count). The van der Waals surface area contributed by atoms with E-state index in [9.17, 15) is 9.59 Å². The van der Waals surface area contributed by atoms with Crippen molar-refractivity contribution in [3.8, 4) is 0 Å². The predicted molar refractivity (Wildman–Crippen MR) is 55.8 cm³/mol. The second-order valence-corrected chi connectivity index (χ2v) is 2.89. The minimum Gasteiger partial charge on any atom is -0.464 e. The number of amides is 1. The summed E-state index contributed by atoms with van der Waals surface area (Å²) in [4.78, 5) is 25.2. The summed E-state index contributed by atoms with van der Waals surface area (Å²) in [5, 5.41) is 0. The van der Waals surface area contributed by atoms with Gasteiger partial charge in [-0.05, 0) is 12.5 Å². The lowest BCUT2D eigenvalue weighted by molar-refractivity contribution is -0.132. The first-order valence-electron chi connectivity index (χ1n) is 4.36. The van der Waals surface area contributed by atoms with E-state index in [2.05, 4.69) is 9.73 Å². The maximum Gasteiger partial charge on any atom is 0.357 e. The van der Waals surface area contributed by atoms with Crippen LogP contribution in [-0.2, 0) is 14.3 Å². The molecule has 0 N–H and O–H groups in total. The predicted octanol–water partition coefficient (Wildman–Crippen LogP) is 1.11. The Morgan fingerprint density at radius 2 is 2.07 bits per heavy atom. The number of hydrogen-bond donors (Lipinski definition) is 0. The van der Waals surface area contributed by atoms with Crippen LogP contribution in [0.5, 0.6) is 0 Å². The number of aryl methyl sites for hydroxylation is 1. The Balaban J connectivity index is 3.22. The highest BCUT2D eigenvalue weighted by Gasteiger charge is 2.15.